The van der Waals surface area contributed by atoms with Crippen molar-refractivity contribution in [2.75, 3.05) is 18.9 Å². The highest BCUT2D eigenvalue weighted by atomic mass is 35.5. The smallest absolute Gasteiger partial charge is 0.180 e. The molecule has 1 aromatic carbocycles. The van der Waals surface area contributed by atoms with Crippen LogP contribution in [0.2, 0.25) is 5.02 Å². The molecule has 0 saturated heterocycles. The minimum Gasteiger partial charge on any atom is -0.486 e. The molecule has 2 heterocycles. The van der Waals surface area contributed by atoms with Gasteiger partial charge in [0.2, 0.25) is 0 Å². The molecule has 1 aliphatic heterocycles. The summed E-state index contributed by atoms with van der Waals surface area (Å²) in [7, 11) is 0. The number of nitrogens with two attached hydrogens (primary N) is 1. The number of fused-ring (bicyclic) bond motifs is 1. The van der Waals surface area contributed by atoms with E-state index in [-0.39, 0.29) is 0 Å². The van der Waals surface area contributed by atoms with E-state index in [1.165, 1.54) is 0 Å². The number of aromatic amines is 1. The van der Waals surface area contributed by atoms with Crippen molar-refractivity contribution < 1.29 is 9.47 Å². The van der Waals surface area contributed by atoms with E-state index in [9.17, 15) is 0 Å². The number of ether oxygens (including phenoxy) is 2. The van der Waals surface area contributed by atoms with Gasteiger partial charge in [0.1, 0.15) is 19.0 Å². The molecule has 0 atom stereocenters. The predicted molar refractivity (Wildman–Crippen MR) is 69.2 cm³/mol. The maximum absolute atomic E-state index is 6.39. The summed E-state index contributed by atoms with van der Waals surface area (Å²) < 4.78 is 11.1. The summed E-state index contributed by atoms with van der Waals surface area (Å²) in [4.78, 5) is 0. The summed E-state index contributed by atoms with van der Waals surface area (Å²) in [5.74, 6) is 1.73. The van der Waals surface area contributed by atoms with Crippen molar-refractivity contribution in [3.63, 3.8) is 0 Å². The van der Waals surface area contributed by atoms with Crippen molar-refractivity contribution in [1.29, 1.82) is 0 Å². The van der Waals surface area contributed by atoms with Crippen LogP contribution < -0.4 is 15.2 Å². The fraction of sp³-hybridized carbons (Fsp3) is 0.250. The van der Waals surface area contributed by atoms with Crippen molar-refractivity contribution in [1.82, 2.24) is 10.2 Å². The molecule has 0 fully saturated rings. The minimum atomic E-state index is 0.483. The number of halogens is 1. The molecule has 1 aliphatic rings. The van der Waals surface area contributed by atoms with E-state index in [0.29, 0.717) is 35.6 Å². The van der Waals surface area contributed by atoms with Crippen molar-refractivity contribution >= 4 is 17.4 Å². The zero-order chi connectivity index (χ0) is 12.7. The number of anilines is 1. The largest absolute Gasteiger partial charge is 0.486 e. The number of H-pyrrole nitrogens is 1. The Hall–Kier alpha value is -1.88. The van der Waals surface area contributed by atoms with Crippen molar-refractivity contribution in [3.05, 3.63) is 22.8 Å². The van der Waals surface area contributed by atoms with Crippen LogP contribution in [0.1, 0.15) is 5.56 Å². The molecule has 3 rings (SSSR count). The first kappa shape index (κ1) is 11.2. The van der Waals surface area contributed by atoms with Gasteiger partial charge in [-0.15, -0.1) is 0 Å². The van der Waals surface area contributed by atoms with Crippen molar-refractivity contribution in [2.45, 2.75) is 6.92 Å². The van der Waals surface area contributed by atoms with E-state index < -0.39 is 0 Å². The fourth-order valence-electron chi connectivity index (χ4n) is 2.09. The van der Waals surface area contributed by atoms with Gasteiger partial charge in [-0.3, -0.25) is 5.10 Å². The maximum Gasteiger partial charge on any atom is 0.180 e. The highest BCUT2D eigenvalue weighted by Gasteiger charge is 2.22. The number of benzene rings is 1. The van der Waals surface area contributed by atoms with Crippen LogP contribution in [0, 0.1) is 6.92 Å². The summed E-state index contributed by atoms with van der Waals surface area (Å²) in [6.07, 6.45) is 1.65. The van der Waals surface area contributed by atoms with E-state index >= 15 is 0 Å². The Morgan fingerprint density at radius 3 is 2.89 bits per heavy atom. The van der Waals surface area contributed by atoms with Gasteiger partial charge in [-0.1, -0.05) is 11.6 Å². The van der Waals surface area contributed by atoms with Gasteiger partial charge in [0.15, 0.2) is 11.5 Å². The standard InChI is InChI=1S/C12H12ClN3O2/c1-6-4-8-11(18-3-2-17-8)10(13)9(6)7-5-15-16-12(7)14/h4-5H,2-3H2,1H3,(H3,14,15,16). The molecular weight excluding hydrogens is 254 g/mol. The summed E-state index contributed by atoms with van der Waals surface area (Å²) in [5, 5.41) is 7.12. The van der Waals surface area contributed by atoms with Crippen molar-refractivity contribution in [2.24, 2.45) is 0 Å². The molecule has 0 amide bonds. The third-order valence-corrected chi connectivity index (χ3v) is 3.27. The number of hydrogen-bond acceptors (Lipinski definition) is 4. The quantitative estimate of drug-likeness (QED) is 0.830. The lowest BCUT2D eigenvalue weighted by molar-refractivity contribution is 0.171. The van der Waals surface area contributed by atoms with Crippen LogP contribution in [-0.2, 0) is 0 Å². The van der Waals surface area contributed by atoms with Gasteiger partial charge < -0.3 is 15.2 Å². The molecule has 0 radical (unpaired) electrons. The minimum absolute atomic E-state index is 0.483. The van der Waals surface area contributed by atoms with Gasteiger partial charge in [0, 0.05) is 11.1 Å². The molecule has 94 valence electrons. The van der Waals surface area contributed by atoms with Gasteiger partial charge >= 0.3 is 0 Å². The number of nitrogens with zero attached hydrogens (tertiary/aromatic N) is 1. The SMILES string of the molecule is Cc1cc2c(c(Cl)c1-c1cn[nH]c1N)OCCO2. The Morgan fingerprint density at radius 1 is 1.39 bits per heavy atom. The monoisotopic (exact) mass is 265 g/mol. The Balaban J connectivity index is 2.24. The lowest BCUT2D eigenvalue weighted by Gasteiger charge is -2.22. The second-order valence-electron chi connectivity index (χ2n) is 4.10. The number of nitrogens with one attached hydrogen (secondary N) is 1. The number of hydrogen-bond donors (Lipinski definition) is 2. The van der Waals surface area contributed by atoms with E-state index in [2.05, 4.69) is 10.2 Å². The predicted octanol–water partition coefficient (Wildman–Crippen LogP) is 2.39. The first-order valence-electron chi connectivity index (χ1n) is 5.56. The third kappa shape index (κ3) is 1.59. The summed E-state index contributed by atoms with van der Waals surface area (Å²) in [5.41, 5.74) is 8.41. The Bertz CT molecular complexity index is 610. The van der Waals surface area contributed by atoms with E-state index in [0.717, 1.165) is 16.7 Å². The van der Waals surface area contributed by atoms with Gasteiger partial charge in [-0.05, 0) is 18.6 Å². The lowest BCUT2D eigenvalue weighted by Crippen LogP contribution is -2.16. The van der Waals surface area contributed by atoms with Gasteiger partial charge in [0.05, 0.1) is 11.2 Å². The molecule has 6 heteroatoms. The molecular formula is C12H12ClN3O2. The summed E-state index contributed by atoms with van der Waals surface area (Å²) in [6, 6.07) is 1.90. The van der Waals surface area contributed by atoms with Gasteiger partial charge in [0.25, 0.3) is 0 Å². The number of aryl methyl sites for hydroxylation is 1. The number of nitrogen functional groups attached to an aromatic ring is 1. The molecule has 5 nitrogen and oxygen atoms in total. The molecule has 0 unspecified atom stereocenters. The Labute approximate surface area is 109 Å². The van der Waals surface area contributed by atoms with E-state index in [1.54, 1.807) is 6.20 Å². The average Bonchev–Trinajstić information content (AvgIpc) is 2.76. The number of rotatable bonds is 1. The first-order valence-corrected chi connectivity index (χ1v) is 5.94. The second kappa shape index (κ2) is 4.10. The highest BCUT2D eigenvalue weighted by Crippen LogP contribution is 2.46. The van der Waals surface area contributed by atoms with Crippen LogP contribution >= 0.6 is 11.6 Å². The summed E-state index contributed by atoms with van der Waals surface area (Å²) in [6.45, 7) is 2.98. The van der Waals surface area contributed by atoms with Crippen LogP contribution in [0.15, 0.2) is 12.3 Å². The number of aromatic nitrogens is 2. The molecule has 0 saturated carbocycles. The topological polar surface area (TPSA) is 73.2 Å². The zero-order valence-electron chi connectivity index (χ0n) is 9.79. The molecule has 0 bridgehead atoms. The molecule has 2 aromatic rings. The van der Waals surface area contributed by atoms with Crippen LogP contribution in [0.4, 0.5) is 5.82 Å². The average molecular weight is 266 g/mol. The zero-order valence-corrected chi connectivity index (χ0v) is 10.5. The molecule has 3 N–H and O–H groups in total. The fourth-order valence-corrected chi connectivity index (χ4v) is 2.49. The first-order chi connectivity index (χ1) is 8.68. The summed E-state index contributed by atoms with van der Waals surface area (Å²) >= 11 is 6.39. The molecule has 18 heavy (non-hydrogen) atoms. The maximum atomic E-state index is 6.39. The van der Waals surface area contributed by atoms with Crippen LogP contribution in [0.5, 0.6) is 11.5 Å². The molecule has 0 aliphatic carbocycles. The van der Waals surface area contributed by atoms with Crippen LogP contribution in [0.3, 0.4) is 0 Å². The van der Waals surface area contributed by atoms with E-state index in [4.69, 9.17) is 26.8 Å². The normalized spacial score (nSPS) is 13.7. The van der Waals surface area contributed by atoms with Crippen molar-refractivity contribution in [3.8, 4) is 22.6 Å². The van der Waals surface area contributed by atoms with Gasteiger partial charge in [-0.2, -0.15) is 5.10 Å². The highest BCUT2D eigenvalue weighted by molar-refractivity contribution is 6.35. The van der Waals surface area contributed by atoms with Crippen LogP contribution in [0.25, 0.3) is 11.1 Å². The molecule has 0 spiro atoms. The Kier molecular flexibility index (Phi) is 2.56. The van der Waals surface area contributed by atoms with Gasteiger partial charge in [-0.25, -0.2) is 0 Å². The second-order valence-corrected chi connectivity index (χ2v) is 4.48. The molecule has 1 aromatic heterocycles. The van der Waals surface area contributed by atoms with Crippen LogP contribution in [-0.4, -0.2) is 23.4 Å². The Morgan fingerprint density at radius 2 is 2.17 bits per heavy atom. The lowest BCUT2D eigenvalue weighted by atomic mass is 10.0. The van der Waals surface area contributed by atoms with E-state index in [1.807, 2.05) is 13.0 Å². The third-order valence-electron chi connectivity index (χ3n) is 2.91.